The highest BCUT2D eigenvalue weighted by Crippen LogP contribution is 2.30. The van der Waals surface area contributed by atoms with Gasteiger partial charge in [-0.2, -0.15) is 0 Å². The third-order valence-electron chi connectivity index (χ3n) is 3.44. The van der Waals surface area contributed by atoms with E-state index in [4.69, 9.17) is 4.74 Å². The van der Waals surface area contributed by atoms with Gasteiger partial charge in [-0.05, 0) is 18.6 Å². The fourth-order valence-corrected chi connectivity index (χ4v) is 2.58. The molecule has 0 radical (unpaired) electrons. The number of nitrogens with zero attached hydrogens (tertiary/aromatic N) is 1. The van der Waals surface area contributed by atoms with E-state index >= 15 is 0 Å². The minimum Gasteiger partial charge on any atom is -0.379 e. The van der Waals surface area contributed by atoms with Crippen molar-refractivity contribution in [3.63, 3.8) is 0 Å². The SMILES string of the molecule is O=C1CCN(C2CCOC2)c2ccccc21. The van der Waals surface area contributed by atoms with E-state index < -0.39 is 0 Å². The first-order valence-corrected chi connectivity index (χ1v) is 5.83. The number of fused-ring (bicyclic) bond motifs is 1. The summed E-state index contributed by atoms with van der Waals surface area (Å²) < 4.78 is 5.43. The summed E-state index contributed by atoms with van der Waals surface area (Å²) in [7, 11) is 0. The van der Waals surface area contributed by atoms with Crippen LogP contribution in [0.5, 0.6) is 0 Å². The summed E-state index contributed by atoms with van der Waals surface area (Å²) >= 11 is 0. The lowest BCUT2D eigenvalue weighted by molar-refractivity contribution is 0.0978. The number of hydrogen-bond acceptors (Lipinski definition) is 3. The summed E-state index contributed by atoms with van der Waals surface area (Å²) in [6, 6.07) is 8.37. The molecule has 1 atom stereocenters. The molecule has 2 aliphatic rings. The van der Waals surface area contributed by atoms with Gasteiger partial charge in [0.1, 0.15) is 0 Å². The van der Waals surface area contributed by atoms with Crippen LogP contribution >= 0.6 is 0 Å². The standard InChI is InChI=1S/C13H15NO2/c15-13-5-7-14(10-6-8-16-9-10)12-4-2-1-3-11(12)13/h1-4,10H,5-9H2. The van der Waals surface area contributed by atoms with Crippen LogP contribution < -0.4 is 4.90 Å². The molecule has 0 saturated carbocycles. The van der Waals surface area contributed by atoms with E-state index in [-0.39, 0.29) is 5.78 Å². The second-order valence-corrected chi connectivity index (χ2v) is 4.40. The van der Waals surface area contributed by atoms with Crippen LogP contribution in [0.4, 0.5) is 5.69 Å². The number of carbonyl (C=O) groups is 1. The largest absolute Gasteiger partial charge is 0.379 e. The summed E-state index contributed by atoms with van der Waals surface area (Å²) in [5.41, 5.74) is 1.97. The number of ether oxygens (including phenoxy) is 1. The Kier molecular flexibility index (Phi) is 2.40. The molecule has 84 valence electrons. The Bertz CT molecular complexity index is 410. The number of Topliss-reactive ketones (excluding diaryl/α,β-unsaturated/α-hetero) is 1. The Morgan fingerprint density at radius 1 is 1.31 bits per heavy atom. The molecule has 0 spiro atoms. The lowest BCUT2D eigenvalue weighted by atomic mass is 9.98. The molecule has 2 aliphatic heterocycles. The van der Waals surface area contributed by atoms with Crippen molar-refractivity contribution in [2.45, 2.75) is 18.9 Å². The Balaban J connectivity index is 1.97. The normalized spacial score (nSPS) is 24.6. The molecule has 3 rings (SSSR count). The summed E-state index contributed by atoms with van der Waals surface area (Å²) in [4.78, 5) is 14.1. The van der Waals surface area contributed by atoms with Gasteiger partial charge in [-0.25, -0.2) is 0 Å². The number of hydrogen-bond donors (Lipinski definition) is 0. The molecule has 1 saturated heterocycles. The average Bonchev–Trinajstić information content (AvgIpc) is 2.83. The molecule has 0 amide bonds. The van der Waals surface area contributed by atoms with Gasteiger partial charge in [-0.1, -0.05) is 12.1 Å². The van der Waals surface area contributed by atoms with E-state index in [0.29, 0.717) is 12.5 Å². The van der Waals surface area contributed by atoms with Crippen molar-refractivity contribution in [2.24, 2.45) is 0 Å². The van der Waals surface area contributed by atoms with Crippen molar-refractivity contribution < 1.29 is 9.53 Å². The molecule has 0 bridgehead atoms. The highest BCUT2D eigenvalue weighted by atomic mass is 16.5. The van der Waals surface area contributed by atoms with Crippen LogP contribution in [-0.4, -0.2) is 31.6 Å². The van der Waals surface area contributed by atoms with E-state index in [1.165, 1.54) is 0 Å². The minimum absolute atomic E-state index is 0.269. The van der Waals surface area contributed by atoms with Gasteiger partial charge in [0.2, 0.25) is 0 Å². The van der Waals surface area contributed by atoms with E-state index in [1.807, 2.05) is 24.3 Å². The van der Waals surface area contributed by atoms with Gasteiger partial charge in [-0.15, -0.1) is 0 Å². The molecule has 3 heteroatoms. The fourth-order valence-electron chi connectivity index (χ4n) is 2.58. The quantitative estimate of drug-likeness (QED) is 0.719. The van der Waals surface area contributed by atoms with E-state index in [0.717, 1.165) is 37.4 Å². The number of anilines is 1. The van der Waals surface area contributed by atoms with E-state index in [1.54, 1.807) is 0 Å². The van der Waals surface area contributed by atoms with E-state index in [9.17, 15) is 4.79 Å². The molecular formula is C13H15NO2. The van der Waals surface area contributed by atoms with Crippen LogP contribution in [0.15, 0.2) is 24.3 Å². The van der Waals surface area contributed by atoms with Crippen molar-refractivity contribution in [1.82, 2.24) is 0 Å². The van der Waals surface area contributed by atoms with Gasteiger partial charge in [0.15, 0.2) is 5.78 Å². The van der Waals surface area contributed by atoms with Gasteiger partial charge in [0, 0.05) is 30.8 Å². The van der Waals surface area contributed by atoms with Gasteiger partial charge >= 0.3 is 0 Å². The van der Waals surface area contributed by atoms with E-state index in [2.05, 4.69) is 4.90 Å². The number of benzene rings is 1. The monoisotopic (exact) mass is 217 g/mol. The molecule has 1 unspecified atom stereocenters. The lowest BCUT2D eigenvalue weighted by Crippen LogP contribution is -2.40. The Hall–Kier alpha value is -1.35. The predicted molar refractivity (Wildman–Crippen MR) is 62.0 cm³/mol. The van der Waals surface area contributed by atoms with Crippen molar-refractivity contribution in [1.29, 1.82) is 0 Å². The molecule has 0 N–H and O–H groups in total. The number of ketones is 1. The van der Waals surface area contributed by atoms with Crippen LogP contribution in [-0.2, 0) is 4.74 Å². The maximum atomic E-state index is 11.8. The third-order valence-corrected chi connectivity index (χ3v) is 3.44. The third kappa shape index (κ3) is 1.52. The molecule has 1 aromatic rings. The maximum Gasteiger partial charge on any atom is 0.166 e. The molecule has 1 fully saturated rings. The van der Waals surface area contributed by atoms with Gasteiger partial charge in [0.25, 0.3) is 0 Å². The zero-order valence-corrected chi connectivity index (χ0v) is 9.19. The second kappa shape index (κ2) is 3.91. The molecule has 16 heavy (non-hydrogen) atoms. The summed E-state index contributed by atoms with van der Waals surface area (Å²) in [6.45, 7) is 2.48. The summed E-state index contributed by atoms with van der Waals surface area (Å²) in [5, 5.41) is 0. The molecule has 3 nitrogen and oxygen atoms in total. The molecule has 0 aliphatic carbocycles. The van der Waals surface area contributed by atoms with Crippen molar-refractivity contribution in [3.05, 3.63) is 29.8 Å². The summed E-state index contributed by atoms with van der Waals surface area (Å²) in [6.07, 6.45) is 1.70. The first-order valence-electron chi connectivity index (χ1n) is 5.83. The molecule has 2 heterocycles. The fraction of sp³-hybridized carbons (Fsp3) is 0.462. The highest BCUT2D eigenvalue weighted by molar-refractivity contribution is 6.03. The highest BCUT2D eigenvalue weighted by Gasteiger charge is 2.29. The Labute approximate surface area is 95.0 Å². The molecule has 0 aromatic heterocycles. The van der Waals surface area contributed by atoms with Crippen LogP contribution in [0.2, 0.25) is 0 Å². The maximum absolute atomic E-state index is 11.8. The van der Waals surface area contributed by atoms with Gasteiger partial charge < -0.3 is 9.64 Å². The molecule has 1 aromatic carbocycles. The Morgan fingerprint density at radius 2 is 2.19 bits per heavy atom. The molecular weight excluding hydrogens is 202 g/mol. The van der Waals surface area contributed by atoms with Crippen molar-refractivity contribution in [3.8, 4) is 0 Å². The number of rotatable bonds is 1. The van der Waals surface area contributed by atoms with Crippen LogP contribution in [0.25, 0.3) is 0 Å². The van der Waals surface area contributed by atoms with Gasteiger partial charge in [-0.3, -0.25) is 4.79 Å². The average molecular weight is 217 g/mol. The zero-order valence-electron chi connectivity index (χ0n) is 9.19. The van der Waals surface area contributed by atoms with Crippen molar-refractivity contribution in [2.75, 3.05) is 24.7 Å². The zero-order chi connectivity index (χ0) is 11.0. The first kappa shape index (κ1) is 9.85. The van der Waals surface area contributed by atoms with Crippen molar-refractivity contribution >= 4 is 11.5 Å². The van der Waals surface area contributed by atoms with Crippen LogP contribution in [0.1, 0.15) is 23.2 Å². The number of para-hydroxylation sites is 1. The topological polar surface area (TPSA) is 29.5 Å². The predicted octanol–water partition coefficient (Wildman–Crippen LogP) is 1.87. The van der Waals surface area contributed by atoms with Crippen LogP contribution in [0, 0.1) is 0 Å². The smallest absolute Gasteiger partial charge is 0.166 e. The van der Waals surface area contributed by atoms with Crippen LogP contribution in [0.3, 0.4) is 0 Å². The first-order chi connectivity index (χ1) is 7.86. The minimum atomic E-state index is 0.269. The second-order valence-electron chi connectivity index (χ2n) is 4.40. The summed E-state index contributed by atoms with van der Waals surface area (Å²) in [5.74, 6) is 0.269. The lowest BCUT2D eigenvalue weighted by Gasteiger charge is -2.34. The van der Waals surface area contributed by atoms with Gasteiger partial charge in [0.05, 0.1) is 12.6 Å². The number of carbonyl (C=O) groups excluding carboxylic acids is 1. The Morgan fingerprint density at radius 3 is 3.00 bits per heavy atom.